The van der Waals surface area contributed by atoms with Gasteiger partial charge in [0.25, 0.3) is 5.91 Å². The van der Waals surface area contributed by atoms with Crippen molar-refractivity contribution in [3.8, 4) is 0 Å². The fourth-order valence-corrected chi connectivity index (χ4v) is 2.73. The van der Waals surface area contributed by atoms with Crippen molar-refractivity contribution in [2.24, 2.45) is 0 Å². The van der Waals surface area contributed by atoms with Crippen molar-refractivity contribution in [2.45, 2.75) is 52.0 Å². The Labute approximate surface area is 142 Å². The Balaban J connectivity index is 1.69. The molecule has 0 spiro atoms. The highest BCUT2D eigenvalue weighted by Gasteiger charge is 2.18. The molecule has 1 aromatic rings. The molecule has 1 aromatic carbocycles. The summed E-state index contributed by atoms with van der Waals surface area (Å²) in [6, 6.07) is 5.32. The van der Waals surface area contributed by atoms with E-state index < -0.39 is 24.5 Å². The van der Waals surface area contributed by atoms with Crippen LogP contribution in [0.4, 0.5) is 4.79 Å². The highest BCUT2D eigenvalue weighted by molar-refractivity contribution is 5.95. The van der Waals surface area contributed by atoms with Crippen molar-refractivity contribution in [1.29, 1.82) is 0 Å². The summed E-state index contributed by atoms with van der Waals surface area (Å²) in [7, 11) is 0. The standard InChI is InChI=1S/C18H24N2O4/c1-12-7-8-14(9-13(12)2)10-17(22)24-11-16(21)20-18(23)19-15-5-3-4-6-15/h7-9,15H,3-6,10-11H2,1-2H3,(H2,19,20,21,23). The van der Waals surface area contributed by atoms with Crippen LogP contribution in [0, 0.1) is 13.8 Å². The molecule has 0 radical (unpaired) electrons. The lowest BCUT2D eigenvalue weighted by Crippen LogP contribution is -2.45. The molecule has 6 nitrogen and oxygen atoms in total. The van der Waals surface area contributed by atoms with Crippen molar-refractivity contribution in [3.05, 3.63) is 34.9 Å². The Morgan fingerprint density at radius 1 is 1.12 bits per heavy atom. The molecule has 130 valence electrons. The second-order valence-corrected chi connectivity index (χ2v) is 6.26. The number of hydrogen-bond acceptors (Lipinski definition) is 4. The van der Waals surface area contributed by atoms with Gasteiger partial charge in [-0.3, -0.25) is 14.9 Å². The minimum absolute atomic E-state index is 0.0999. The number of hydrogen-bond donors (Lipinski definition) is 2. The predicted molar refractivity (Wildman–Crippen MR) is 89.5 cm³/mol. The van der Waals surface area contributed by atoms with E-state index in [1.165, 1.54) is 0 Å². The van der Waals surface area contributed by atoms with Gasteiger partial charge in [-0.25, -0.2) is 4.79 Å². The molecule has 0 bridgehead atoms. The third kappa shape index (κ3) is 5.68. The maximum atomic E-state index is 11.8. The average molecular weight is 332 g/mol. The lowest BCUT2D eigenvalue weighted by molar-refractivity contribution is -0.147. The molecule has 0 atom stereocenters. The van der Waals surface area contributed by atoms with Crippen LogP contribution in [-0.4, -0.2) is 30.6 Å². The van der Waals surface area contributed by atoms with E-state index in [9.17, 15) is 14.4 Å². The number of carbonyl (C=O) groups is 3. The third-order valence-electron chi connectivity index (χ3n) is 4.23. The van der Waals surface area contributed by atoms with Gasteiger partial charge in [-0.2, -0.15) is 0 Å². The summed E-state index contributed by atoms with van der Waals surface area (Å²) in [4.78, 5) is 35.0. The normalized spacial score (nSPS) is 14.2. The maximum absolute atomic E-state index is 11.8. The first-order valence-corrected chi connectivity index (χ1v) is 8.26. The monoisotopic (exact) mass is 332 g/mol. The van der Waals surface area contributed by atoms with Crippen LogP contribution in [-0.2, 0) is 20.7 Å². The molecule has 0 saturated heterocycles. The Morgan fingerprint density at radius 2 is 1.83 bits per heavy atom. The van der Waals surface area contributed by atoms with E-state index in [4.69, 9.17) is 4.74 Å². The highest BCUT2D eigenvalue weighted by Crippen LogP contribution is 2.17. The molecule has 3 amide bonds. The molecule has 1 saturated carbocycles. The molecule has 2 rings (SSSR count). The molecular weight excluding hydrogens is 308 g/mol. The first-order chi connectivity index (χ1) is 11.4. The summed E-state index contributed by atoms with van der Waals surface area (Å²) in [6.07, 6.45) is 4.16. The predicted octanol–water partition coefficient (Wildman–Crippen LogP) is 2.16. The number of rotatable bonds is 5. The smallest absolute Gasteiger partial charge is 0.321 e. The van der Waals surface area contributed by atoms with Gasteiger partial charge in [-0.05, 0) is 43.4 Å². The van der Waals surface area contributed by atoms with Crippen molar-refractivity contribution < 1.29 is 19.1 Å². The van der Waals surface area contributed by atoms with E-state index in [2.05, 4.69) is 10.6 Å². The van der Waals surface area contributed by atoms with Gasteiger partial charge in [0.05, 0.1) is 6.42 Å². The Bertz CT molecular complexity index is 621. The maximum Gasteiger partial charge on any atom is 0.321 e. The third-order valence-corrected chi connectivity index (χ3v) is 4.23. The molecule has 24 heavy (non-hydrogen) atoms. The molecule has 6 heteroatoms. The largest absolute Gasteiger partial charge is 0.455 e. The summed E-state index contributed by atoms with van der Waals surface area (Å²) in [6.45, 7) is 3.51. The molecule has 1 aliphatic carbocycles. The van der Waals surface area contributed by atoms with Gasteiger partial charge in [0.1, 0.15) is 0 Å². The summed E-state index contributed by atoms with van der Waals surface area (Å²) in [5, 5.41) is 4.91. The van der Waals surface area contributed by atoms with E-state index in [1.54, 1.807) is 0 Å². The van der Waals surface area contributed by atoms with Crippen LogP contribution in [0.3, 0.4) is 0 Å². The topological polar surface area (TPSA) is 84.5 Å². The summed E-state index contributed by atoms with van der Waals surface area (Å²) < 4.78 is 4.92. The van der Waals surface area contributed by atoms with Crippen molar-refractivity contribution in [2.75, 3.05) is 6.61 Å². The van der Waals surface area contributed by atoms with E-state index >= 15 is 0 Å². The van der Waals surface area contributed by atoms with Crippen LogP contribution >= 0.6 is 0 Å². The number of ether oxygens (including phenoxy) is 1. The number of carbonyl (C=O) groups excluding carboxylic acids is 3. The van der Waals surface area contributed by atoms with Gasteiger partial charge in [-0.15, -0.1) is 0 Å². The van der Waals surface area contributed by atoms with Gasteiger partial charge in [0, 0.05) is 6.04 Å². The Hall–Kier alpha value is -2.37. The fourth-order valence-electron chi connectivity index (χ4n) is 2.73. The minimum atomic E-state index is -0.626. The van der Waals surface area contributed by atoms with Crippen LogP contribution in [0.25, 0.3) is 0 Å². The fraction of sp³-hybridized carbons (Fsp3) is 0.500. The van der Waals surface area contributed by atoms with E-state index in [-0.39, 0.29) is 12.5 Å². The summed E-state index contributed by atoms with van der Waals surface area (Å²) in [5.74, 6) is -1.12. The summed E-state index contributed by atoms with van der Waals surface area (Å²) >= 11 is 0. The number of amides is 3. The number of benzene rings is 1. The average Bonchev–Trinajstić information content (AvgIpc) is 3.01. The van der Waals surface area contributed by atoms with Gasteiger partial charge in [0.15, 0.2) is 6.61 Å². The van der Waals surface area contributed by atoms with Gasteiger partial charge in [0.2, 0.25) is 0 Å². The summed E-state index contributed by atoms with van der Waals surface area (Å²) in [5.41, 5.74) is 3.09. The van der Waals surface area contributed by atoms with Gasteiger partial charge >= 0.3 is 12.0 Å². The Kier molecular flexibility index (Phi) is 6.35. The first-order valence-electron chi connectivity index (χ1n) is 8.26. The SMILES string of the molecule is Cc1ccc(CC(=O)OCC(=O)NC(=O)NC2CCCC2)cc1C. The molecule has 0 aromatic heterocycles. The molecular formula is C18H24N2O4. The zero-order valence-electron chi connectivity index (χ0n) is 14.2. The van der Waals surface area contributed by atoms with Crippen LogP contribution in [0.15, 0.2) is 18.2 Å². The van der Waals surface area contributed by atoms with Crippen molar-refractivity contribution in [3.63, 3.8) is 0 Å². The quantitative estimate of drug-likeness (QED) is 0.809. The van der Waals surface area contributed by atoms with E-state index in [0.29, 0.717) is 0 Å². The van der Waals surface area contributed by atoms with Crippen molar-refractivity contribution >= 4 is 17.9 Å². The number of nitrogens with one attached hydrogen (secondary N) is 2. The van der Waals surface area contributed by atoms with Gasteiger partial charge < -0.3 is 10.1 Å². The second kappa shape index (κ2) is 8.47. The van der Waals surface area contributed by atoms with E-state index in [0.717, 1.165) is 42.4 Å². The highest BCUT2D eigenvalue weighted by atomic mass is 16.5. The molecule has 1 aliphatic rings. The number of aryl methyl sites for hydroxylation is 2. The second-order valence-electron chi connectivity index (χ2n) is 6.26. The number of imide groups is 1. The zero-order valence-corrected chi connectivity index (χ0v) is 14.2. The number of urea groups is 1. The first kappa shape index (κ1) is 18.0. The van der Waals surface area contributed by atoms with Crippen LogP contribution < -0.4 is 10.6 Å². The molecule has 0 aliphatic heterocycles. The Morgan fingerprint density at radius 3 is 2.50 bits per heavy atom. The van der Waals surface area contributed by atoms with Crippen LogP contribution in [0.5, 0.6) is 0 Å². The number of esters is 1. The van der Waals surface area contributed by atoms with Crippen LogP contribution in [0.1, 0.15) is 42.4 Å². The molecule has 2 N–H and O–H groups in total. The van der Waals surface area contributed by atoms with E-state index in [1.807, 2.05) is 32.0 Å². The minimum Gasteiger partial charge on any atom is -0.455 e. The molecule has 1 fully saturated rings. The zero-order chi connectivity index (χ0) is 17.5. The molecule has 0 unspecified atom stereocenters. The van der Waals surface area contributed by atoms with Crippen molar-refractivity contribution in [1.82, 2.24) is 10.6 Å². The molecule has 0 heterocycles. The lowest BCUT2D eigenvalue weighted by atomic mass is 10.0. The van der Waals surface area contributed by atoms with Crippen LogP contribution in [0.2, 0.25) is 0 Å². The van der Waals surface area contributed by atoms with Gasteiger partial charge in [-0.1, -0.05) is 31.0 Å². The lowest BCUT2D eigenvalue weighted by Gasteiger charge is -2.12.